The van der Waals surface area contributed by atoms with Crippen molar-refractivity contribution < 1.29 is 34.0 Å². The number of urea groups is 1. The number of likely N-dealkylation sites (tertiary alicyclic amines) is 1. The maximum atomic E-state index is 13.7. The fraction of sp³-hybridized carbons (Fsp3) is 0.789. The fourth-order valence-electron chi connectivity index (χ4n) is 4.75. The normalized spacial score (nSPS) is 26.7. The van der Waals surface area contributed by atoms with E-state index in [0.29, 0.717) is 24.3 Å². The Kier molecular flexibility index (Phi) is 8.12. The molecule has 0 radical (unpaired) electrons. The van der Waals surface area contributed by atoms with Gasteiger partial charge >= 0.3 is 11.9 Å². The number of aliphatic hydroxyl groups is 1. The van der Waals surface area contributed by atoms with Gasteiger partial charge in [-0.05, 0) is 19.3 Å². The number of imide groups is 1. The summed E-state index contributed by atoms with van der Waals surface area (Å²) < 4.78 is -0.772. The van der Waals surface area contributed by atoms with E-state index in [4.69, 9.17) is 5.73 Å². The minimum absolute atomic E-state index is 0.0641. The van der Waals surface area contributed by atoms with E-state index in [9.17, 15) is 29.5 Å². The van der Waals surface area contributed by atoms with E-state index >= 15 is 0 Å². The molecule has 0 aromatic carbocycles. The number of primary amides is 1. The number of nitrogens with two attached hydrogens (primary N) is 1. The van der Waals surface area contributed by atoms with Crippen LogP contribution in [0.2, 0.25) is 0 Å². The molecule has 10 heteroatoms. The smallest absolute Gasteiger partial charge is 0.392 e. The molecule has 1 unspecified atom stereocenters. The van der Waals surface area contributed by atoms with Crippen LogP contribution < -0.4 is 11.1 Å². The molecule has 0 aromatic heterocycles. The lowest BCUT2D eigenvalue weighted by Crippen LogP contribution is -2.68. The van der Waals surface area contributed by atoms with Gasteiger partial charge in [-0.1, -0.05) is 25.7 Å². The first-order chi connectivity index (χ1) is 13.7. The van der Waals surface area contributed by atoms with E-state index in [1.165, 1.54) is 6.92 Å². The Hall–Kier alpha value is -2.04. The van der Waals surface area contributed by atoms with Gasteiger partial charge in [0.25, 0.3) is 5.91 Å². The van der Waals surface area contributed by atoms with Crippen LogP contribution in [-0.4, -0.2) is 75.9 Å². The quantitative estimate of drug-likeness (QED) is 0.182. The highest BCUT2D eigenvalue weighted by Crippen LogP contribution is 2.35. The van der Waals surface area contributed by atoms with Crippen LogP contribution >= 0.6 is 0 Å². The lowest BCUT2D eigenvalue weighted by atomic mass is 9.90. The highest BCUT2D eigenvalue weighted by Gasteiger charge is 2.58. The van der Waals surface area contributed by atoms with Gasteiger partial charge in [0.15, 0.2) is 6.04 Å². The molecule has 4 atom stereocenters. The third kappa shape index (κ3) is 5.31. The summed E-state index contributed by atoms with van der Waals surface area (Å²) in [6, 6.07) is -1.69. The summed E-state index contributed by atoms with van der Waals surface area (Å²) >= 11 is 0. The van der Waals surface area contributed by atoms with Crippen LogP contribution in [0.1, 0.15) is 51.9 Å². The monoisotopic (exact) mass is 413 g/mol. The average Bonchev–Trinajstić information content (AvgIpc) is 3.34. The number of nitrogens with one attached hydrogen (secondary N) is 1. The Morgan fingerprint density at radius 1 is 1.24 bits per heavy atom. The number of hydroxylamine groups is 2. The minimum Gasteiger partial charge on any atom is -0.392 e. The molecule has 1 saturated heterocycles. The Morgan fingerprint density at radius 2 is 1.90 bits per heavy atom. The number of nitrogens with zero attached hydrogens (tertiary/aromatic N) is 2. The molecule has 0 bridgehead atoms. The van der Waals surface area contributed by atoms with Crippen LogP contribution in [0.5, 0.6) is 0 Å². The maximum absolute atomic E-state index is 13.7. The number of hydrogen-bond donors (Lipinski definition) is 4. The van der Waals surface area contributed by atoms with Gasteiger partial charge in [0.2, 0.25) is 6.41 Å². The predicted molar refractivity (Wildman–Crippen MR) is 102 cm³/mol. The largest absolute Gasteiger partial charge is 0.424 e. The van der Waals surface area contributed by atoms with Crippen molar-refractivity contribution in [1.82, 2.24) is 10.4 Å². The molecule has 0 aromatic rings. The van der Waals surface area contributed by atoms with Crippen molar-refractivity contribution in [3.8, 4) is 0 Å². The summed E-state index contributed by atoms with van der Waals surface area (Å²) in [7, 11) is 0. The molecule has 2 aliphatic rings. The van der Waals surface area contributed by atoms with E-state index in [2.05, 4.69) is 5.32 Å². The third-order valence-electron chi connectivity index (χ3n) is 6.12. The minimum atomic E-state index is -1.01. The zero-order chi connectivity index (χ0) is 21.6. The van der Waals surface area contributed by atoms with Gasteiger partial charge in [-0.2, -0.15) is 4.48 Å². The van der Waals surface area contributed by atoms with Gasteiger partial charge in [-0.3, -0.25) is 14.8 Å². The molecular formula is C19H33N4O6+. The molecule has 0 spiro atoms. The third-order valence-corrected chi connectivity index (χ3v) is 6.12. The predicted octanol–water partition coefficient (Wildman–Crippen LogP) is 0.112. The number of aliphatic hydroxyl groups excluding tert-OH is 1. The summed E-state index contributed by atoms with van der Waals surface area (Å²) in [5.74, 6) is -1.79. The molecule has 1 heterocycles. The van der Waals surface area contributed by atoms with Gasteiger partial charge in [0.1, 0.15) is 0 Å². The molecule has 5 amide bonds. The topological polar surface area (TPSA) is 150 Å². The Morgan fingerprint density at radius 3 is 2.45 bits per heavy atom. The SMILES string of the molecule is C[C@H](O)CNC(=O)[N+]1(C(=O)[C@H](CC2CCCC2)CN(O)C=O)CCC[C@H]1C(N)=O. The molecule has 1 aliphatic heterocycles. The second kappa shape index (κ2) is 10.1. The Balaban J connectivity index is 2.36. The molecular weight excluding hydrogens is 380 g/mol. The van der Waals surface area contributed by atoms with Gasteiger partial charge < -0.3 is 16.2 Å². The summed E-state index contributed by atoms with van der Waals surface area (Å²) in [5.41, 5.74) is 5.54. The number of rotatable bonds is 9. The summed E-state index contributed by atoms with van der Waals surface area (Å²) in [6.45, 7) is 1.31. The van der Waals surface area contributed by atoms with Gasteiger partial charge in [0, 0.05) is 19.4 Å². The van der Waals surface area contributed by atoms with Gasteiger partial charge in [-0.15, -0.1) is 0 Å². The maximum Gasteiger partial charge on any atom is 0.424 e. The Labute approximate surface area is 170 Å². The van der Waals surface area contributed by atoms with E-state index in [-0.39, 0.29) is 32.0 Å². The van der Waals surface area contributed by atoms with Crippen molar-refractivity contribution in [1.29, 1.82) is 0 Å². The summed E-state index contributed by atoms with van der Waals surface area (Å²) in [6.07, 6.45) is 4.61. The first-order valence-corrected chi connectivity index (χ1v) is 10.3. The standard InChI is InChI=1S/C19H32N4O6/c1-13(25)10-21-19(28)23(8-4-7-16(23)17(20)26)18(27)15(11-22(29)12-24)9-14-5-2-3-6-14/h12-16,25,29H,2-11H2,1H3,(H2-,20,21,26,28)/p+1/t13-,15+,16-,23?/m0/s1. The molecule has 164 valence electrons. The van der Waals surface area contributed by atoms with Gasteiger partial charge in [0.05, 0.1) is 25.1 Å². The van der Waals surface area contributed by atoms with Crippen LogP contribution in [0.25, 0.3) is 0 Å². The molecule has 2 fully saturated rings. The second-order valence-corrected chi connectivity index (χ2v) is 8.34. The zero-order valence-electron chi connectivity index (χ0n) is 17.0. The van der Waals surface area contributed by atoms with Crippen LogP contribution in [0.15, 0.2) is 0 Å². The molecule has 5 N–H and O–H groups in total. The van der Waals surface area contributed by atoms with Crippen LogP contribution in [0.3, 0.4) is 0 Å². The van der Waals surface area contributed by atoms with E-state index in [1.807, 2.05) is 0 Å². The van der Waals surface area contributed by atoms with Crippen LogP contribution in [-0.2, 0) is 14.4 Å². The lowest BCUT2D eigenvalue weighted by molar-refractivity contribution is -0.779. The Bertz CT molecular complexity index is 622. The number of carbonyl (C=O) groups is 4. The number of hydrogen-bond acceptors (Lipinski definition) is 6. The van der Waals surface area contributed by atoms with E-state index in [1.54, 1.807) is 0 Å². The van der Waals surface area contributed by atoms with Crippen molar-refractivity contribution >= 4 is 24.3 Å². The average molecular weight is 413 g/mol. The lowest BCUT2D eigenvalue weighted by Gasteiger charge is -2.36. The summed E-state index contributed by atoms with van der Waals surface area (Å²) in [5, 5.41) is 22.2. The number of carbonyl (C=O) groups excluding carboxylic acids is 4. The molecule has 2 rings (SSSR count). The zero-order valence-corrected chi connectivity index (χ0v) is 17.0. The van der Waals surface area contributed by atoms with E-state index < -0.39 is 40.4 Å². The van der Waals surface area contributed by atoms with Crippen molar-refractivity contribution in [2.45, 2.75) is 64.0 Å². The first-order valence-electron chi connectivity index (χ1n) is 10.3. The van der Waals surface area contributed by atoms with Crippen molar-refractivity contribution in [3.05, 3.63) is 0 Å². The van der Waals surface area contributed by atoms with Crippen molar-refractivity contribution in [2.24, 2.45) is 17.6 Å². The van der Waals surface area contributed by atoms with Gasteiger partial charge in [-0.25, -0.2) is 14.7 Å². The number of quaternary nitrogens is 1. The molecule has 1 aliphatic carbocycles. The van der Waals surface area contributed by atoms with Crippen LogP contribution in [0, 0.1) is 11.8 Å². The number of amides is 5. The van der Waals surface area contributed by atoms with Crippen molar-refractivity contribution in [3.63, 3.8) is 0 Å². The highest BCUT2D eigenvalue weighted by molar-refractivity contribution is 5.91. The first kappa shape index (κ1) is 23.2. The molecule has 29 heavy (non-hydrogen) atoms. The second-order valence-electron chi connectivity index (χ2n) is 8.34. The molecule has 1 saturated carbocycles. The fourth-order valence-corrected chi connectivity index (χ4v) is 4.75. The van der Waals surface area contributed by atoms with Crippen molar-refractivity contribution in [2.75, 3.05) is 19.6 Å². The highest BCUT2D eigenvalue weighted by atomic mass is 16.5. The molecule has 10 nitrogen and oxygen atoms in total. The van der Waals surface area contributed by atoms with E-state index in [0.717, 1.165) is 25.7 Å². The van der Waals surface area contributed by atoms with Crippen LogP contribution in [0.4, 0.5) is 4.79 Å². The summed E-state index contributed by atoms with van der Waals surface area (Å²) in [4.78, 5) is 49.9.